The van der Waals surface area contributed by atoms with Crippen LogP contribution in [0.2, 0.25) is 10.0 Å². The predicted octanol–water partition coefficient (Wildman–Crippen LogP) is 4.49. The van der Waals surface area contributed by atoms with Gasteiger partial charge < -0.3 is 19.5 Å². The van der Waals surface area contributed by atoms with E-state index in [2.05, 4.69) is 5.32 Å². The summed E-state index contributed by atoms with van der Waals surface area (Å²) in [5.74, 6) is 1.20. The number of thiocarbonyl (C=S) groups is 1. The van der Waals surface area contributed by atoms with Crippen LogP contribution in [0.5, 0.6) is 11.5 Å². The van der Waals surface area contributed by atoms with Crippen molar-refractivity contribution in [3.05, 3.63) is 57.6 Å². The van der Waals surface area contributed by atoms with Gasteiger partial charge in [0.1, 0.15) is 11.6 Å². The summed E-state index contributed by atoms with van der Waals surface area (Å²) in [6.07, 6.45) is 0. The van der Waals surface area contributed by atoms with E-state index in [0.29, 0.717) is 46.3 Å². The SMILES string of the molecule is COCCNC(=S)c1ccc(OCc2ccc(Cl)cc2Cl)c(OC)c1. The van der Waals surface area contributed by atoms with Crippen LogP contribution < -0.4 is 14.8 Å². The molecule has 2 aromatic carbocycles. The molecule has 0 aliphatic heterocycles. The Bertz CT molecular complexity index is 740. The van der Waals surface area contributed by atoms with Gasteiger partial charge >= 0.3 is 0 Å². The minimum Gasteiger partial charge on any atom is -0.493 e. The second kappa shape index (κ2) is 9.82. The molecule has 0 heterocycles. The molecule has 0 amide bonds. The molecule has 0 fully saturated rings. The van der Waals surface area contributed by atoms with E-state index >= 15 is 0 Å². The lowest BCUT2D eigenvalue weighted by atomic mass is 10.2. The van der Waals surface area contributed by atoms with Gasteiger partial charge in [-0.1, -0.05) is 41.5 Å². The van der Waals surface area contributed by atoms with Crippen LogP contribution in [0.25, 0.3) is 0 Å². The lowest BCUT2D eigenvalue weighted by Gasteiger charge is -2.14. The molecular weight excluding hydrogens is 381 g/mol. The molecule has 0 bridgehead atoms. The molecule has 2 rings (SSSR count). The minimum atomic E-state index is 0.308. The maximum absolute atomic E-state index is 6.17. The quantitative estimate of drug-likeness (QED) is 0.522. The molecule has 1 N–H and O–H groups in total. The van der Waals surface area contributed by atoms with Crippen molar-refractivity contribution in [2.24, 2.45) is 0 Å². The average molecular weight is 400 g/mol. The monoisotopic (exact) mass is 399 g/mol. The van der Waals surface area contributed by atoms with Crippen LogP contribution in [-0.4, -0.2) is 32.4 Å². The van der Waals surface area contributed by atoms with Crippen LogP contribution in [0, 0.1) is 0 Å². The number of benzene rings is 2. The Morgan fingerprint density at radius 2 is 1.88 bits per heavy atom. The van der Waals surface area contributed by atoms with E-state index in [9.17, 15) is 0 Å². The van der Waals surface area contributed by atoms with Crippen molar-refractivity contribution in [1.82, 2.24) is 5.32 Å². The Labute approximate surface area is 163 Å². The summed E-state index contributed by atoms with van der Waals surface area (Å²) >= 11 is 17.4. The number of hydrogen-bond acceptors (Lipinski definition) is 4. The Morgan fingerprint density at radius 1 is 1.08 bits per heavy atom. The number of ether oxygens (including phenoxy) is 3. The third kappa shape index (κ3) is 5.75. The molecule has 4 nitrogen and oxygen atoms in total. The first-order valence-electron chi connectivity index (χ1n) is 7.57. The summed E-state index contributed by atoms with van der Waals surface area (Å²) in [6, 6.07) is 10.8. The fourth-order valence-electron chi connectivity index (χ4n) is 2.09. The molecule has 134 valence electrons. The summed E-state index contributed by atoms with van der Waals surface area (Å²) in [5, 5.41) is 4.27. The standard InChI is InChI=1S/C18H19Cl2NO3S/c1-22-8-7-21-18(25)12-4-6-16(17(9-12)23-2)24-11-13-3-5-14(19)10-15(13)20/h3-6,9-10H,7-8,11H2,1-2H3,(H,21,25). The summed E-state index contributed by atoms with van der Waals surface area (Å²) < 4.78 is 16.2. The fourth-order valence-corrected chi connectivity index (χ4v) is 2.78. The molecule has 0 aliphatic rings. The third-order valence-corrected chi connectivity index (χ3v) is 4.38. The number of nitrogens with one attached hydrogen (secondary N) is 1. The topological polar surface area (TPSA) is 39.7 Å². The molecule has 0 aromatic heterocycles. The molecule has 0 aliphatic carbocycles. The maximum atomic E-state index is 6.17. The summed E-state index contributed by atoms with van der Waals surface area (Å²) in [5.41, 5.74) is 1.69. The molecule has 0 saturated carbocycles. The summed E-state index contributed by atoms with van der Waals surface area (Å²) in [4.78, 5) is 0.627. The molecule has 0 spiro atoms. The van der Waals surface area contributed by atoms with Gasteiger partial charge in [0.05, 0.1) is 13.7 Å². The second-order valence-corrected chi connectivity index (χ2v) is 6.39. The highest BCUT2D eigenvalue weighted by molar-refractivity contribution is 7.80. The summed E-state index contributed by atoms with van der Waals surface area (Å²) in [6.45, 7) is 1.54. The van der Waals surface area contributed by atoms with Gasteiger partial charge in [-0.05, 0) is 30.3 Å². The van der Waals surface area contributed by atoms with Crippen LogP contribution >= 0.6 is 35.4 Å². The van der Waals surface area contributed by atoms with Gasteiger partial charge in [-0.2, -0.15) is 0 Å². The molecular formula is C18H19Cl2NO3S. The van der Waals surface area contributed by atoms with Gasteiger partial charge in [-0.3, -0.25) is 0 Å². The van der Waals surface area contributed by atoms with E-state index in [1.54, 1.807) is 26.4 Å². The second-order valence-electron chi connectivity index (χ2n) is 5.14. The first-order chi connectivity index (χ1) is 12.0. The summed E-state index contributed by atoms with van der Waals surface area (Å²) in [7, 11) is 3.23. The van der Waals surface area contributed by atoms with Gasteiger partial charge in [-0.15, -0.1) is 0 Å². The van der Waals surface area contributed by atoms with Crippen LogP contribution in [0.15, 0.2) is 36.4 Å². The average Bonchev–Trinajstić information content (AvgIpc) is 2.61. The van der Waals surface area contributed by atoms with Crippen molar-refractivity contribution in [2.45, 2.75) is 6.61 Å². The minimum absolute atomic E-state index is 0.308. The third-order valence-electron chi connectivity index (χ3n) is 3.42. The molecule has 0 radical (unpaired) electrons. The zero-order valence-corrected chi connectivity index (χ0v) is 16.3. The van der Waals surface area contributed by atoms with Gasteiger partial charge in [0, 0.05) is 34.8 Å². The molecule has 7 heteroatoms. The molecule has 0 atom stereocenters. The Kier molecular flexibility index (Phi) is 7.78. The van der Waals surface area contributed by atoms with E-state index < -0.39 is 0 Å². The zero-order chi connectivity index (χ0) is 18.2. The predicted molar refractivity (Wildman–Crippen MR) is 105 cm³/mol. The maximum Gasteiger partial charge on any atom is 0.161 e. The number of halogens is 2. The van der Waals surface area contributed by atoms with Crippen LogP contribution in [0.4, 0.5) is 0 Å². The van der Waals surface area contributed by atoms with Crippen molar-refractivity contribution in [3.63, 3.8) is 0 Å². The van der Waals surface area contributed by atoms with Gasteiger partial charge in [0.2, 0.25) is 0 Å². The highest BCUT2D eigenvalue weighted by Gasteiger charge is 2.10. The first kappa shape index (κ1) is 19.8. The number of methoxy groups -OCH3 is 2. The molecule has 2 aromatic rings. The highest BCUT2D eigenvalue weighted by Crippen LogP contribution is 2.30. The lowest BCUT2D eigenvalue weighted by molar-refractivity contribution is 0.204. The van der Waals surface area contributed by atoms with E-state index in [4.69, 9.17) is 49.6 Å². The smallest absolute Gasteiger partial charge is 0.161 e. The van der Waals surface area contributed by atoms with Gasteiger partial charge in [0.15, 0.2) is 11.5 Å². The fraction of sp³-hybridized carbons (Fsp3) is 0.278. The number of hydrogen-bond donors (Lipinski definition) is 1. The van der Waals surface area contributed by atoms with Crippen LogP contribution in [0.3, 0.4) is 0 Å². The van der Waals surface area contributed by atoms with E-state index in [1.165, 1.54) is 0 Å². The van der Waals surface area contributed by atoms with Crippen molar-refractivity contribution >= 4 is 40.4 Å². The normalized spacial score (nSPS) is 10.4. The lowest BCUT2D eigenvalue weighted by Crippen LogP contribution is -2.26. The van der Waals surface area contributed by atoms with E-state index in [0.717, 1.165) is 11.1 Å². The largest absolute Gasteiger partial charge is 0.493 e. The van der Waals surface area contributed by atoms with E-state index in [1.807, 2.05) is 24.3 Å². The van der Waals surface area contributed by atoms with Crippen molar-refractivity contribution in [3.8, 4) is 11.5 Å². The first-order valence-corrected chi connectivity index (χ1v) is 8.73. The van der Waals surface area contributed by atoms with Crippen LogP contribution in [-0.2, 0) is 11.3 Å². The highest BCUT2D eigenvalue weighted by atomic mass is 35.5. The van der Waals surface area contributed by atoms with Gasteiger partial charge in [-0.25, -0.2) is 0 Å². The van der Waals surface area contributed by atoms with Crippen molar-refractivity contribution in [1.29, 1.82) is 0 Å². The Morgan fingerprint density at radius 3 is 2.56 bits per heavy atom. The zero-order valence-electron chi connectivity index (χ0n) is 14.0. The molecule has 25 heavy (non-hydrogen) atoms. The molecule has 0 saturated heterocycles. The molecule has 0 unspecified atom stereocenters. The van der Waals surface area contributed by atoms with Crippen molar-refractivity contribution < 1.29 is 14.2 Å². The Hall–Kier alpha value is -1.53. The van der Waals surface area contributed by atoms with E-state index in [-0.39, 0.29) is 0 Å². The Balaban J connectivity index is 2.07. The van der Waals surface area contributed by atoms with Crippen molar-refractivity contribution in [2.75, 3.05) is 27.4 Å². The van der Waals surface area contributed by atoms with Crippen LogP contribution in [0.1, 0.15) is 11.1 Å². The number of rotatable bonds is 8. The van der Waals surface area contributed by atoms with Gasteiger partial charge in [0.25, 0.3) is 0 Å².